The van der Waals surface area contributed by atoms with Gasteiger partial charge < -0.3 is 15.2 Å². The Kier molecular flexibility index (Phi) is 4.02. The number of carbonyl (C=O) groups is 1. The molecule has 27 heavy (non-hydrogen) atoms. The number of carbonyl (C=O) groups excluding carboxylic acids is 1. The molecule has 3 aromatic rings. The molecule has 1 atom stereocenters. The van der Waals surface area contributed by atoms with E-state index in [0.29, 0.717) is 40.9 Å². The van der Waals surface area contributed by atoms with E-state index in [0.717, 1.165) is 5.56 Å². The van der Waals surface area contributed by atoms with Crippen molar-refractivity contribution in [2.45, 2.75) is 18.8 Å². The molecule has 0 amide bonds. The third-order valence-corrected chi connectivity index (χ3v) is 4.92. The molecule has 8 nitrogen and oxygen atoms in total. The lowest BCUT2D eigenvalue weighted by molar-refractivity contribution is 0.0964. The van der Waals surface area contributed by atoms with Gasteiger partial charge in [0.05, 0.1) is 19.6 Å². The highest BCUT2D eigenvalue weighted by Crippen LogP contribution is 2.38. The normalized spacial score (nSPS) is 16.2. The Morgan fingerprint density at radius 1 is 1.15 bits per heavy atom. The van der Waals surface area contributed by atoms with Gasteiger partial charge in [-0.2, -0.15) is 4.98 Å². The van der Waals surface area contributed by atoms with Crippen LogP contribution in [0.25, 0.3) is 11.0 Å². The summed E-state index contributed by atoms with van der Waals surface area (Å²) in [6.07, 6.45) is 2.33. The van der Waals surface area contributed by atoms with Crippen molar-refractivity contribution in [1.29, 1.82) is 0 Å². The first-order valence-corrected chi connectivity index (χ1v) is 8.44. The number of hydrogen-bond donors (Lipinski definition) is 2. The molecule has 2 aromatic heterocycles. The lowest BCUT2D eigenvalue weighted by Gasteiger charge is -2.25. The van der Waals surface area contributed by atoms with E-state index in [4.69, 9.17) is 15.2 Å². The van der Waals surface area contributed by atoms with Crippen LogP contribution in [0.3, 0.4) is 0 Å². The number of rotatable bonds is 3. The van der Waals surface area contributed by atoms with Crippen LogP contribution in [0, 0.1) is 0 Å². The summed E-state index contributed by atoms with van der Waals surface area (Å²) in [7, 11) is 3.14. The Balaban J connectivity index is 1.84. The summed E-state index contributed by atoms with van der Waals surface area (Å²) < 4.78 is 10.6. The largest absolute Gasteiger partial charge is 0.493 e. The number of benzene rings is 1. The number of fused-ring (bicyclic) bond motifs is 3. The Labute approximate surface area is 154 Å². The van der Waals surface area contributed by atoms with Gasteiger partial charge in [-0.1, -0.05) is 6.07 Å². The summed E-state index contributed by atoms with van der Waals surface area (Å²) in [6.45, 7) is 0. The van der Waals surface area contributed by atoms with Crippen LogP contribution < -0.4 is 20.8 Å². The molecule has 0 saturated heterocycles. The molecule has 1 aliphatic rings. The number of Topliss-reactive ketones (excluding diaryl/α,β-unsaturated/α-hetero) is 1. The molecule has 0 aliphatic heterocycles. The number of ether oxygens (including phenoxy) is 2. The maximum atomic E-state index is 12.7. The lowest BCUT2D eigenvalue weighted by atomic mass is 9.79. The van der Waals surface area contributed by atoms with Crippen LogP contribution in [-0.2, 0) is 6.42 Å². The molecular weight excluding hydrogens is 348 g/mol. The van der Waals surface area contributed by atoms with Gasteiger partial charge in [0.15, 0.2) is 22.9 Å². The monoisotopic (exact) mass is 366 g/mol. The smallest absolute Gasteiger partial charge is 0.262 e. The SMILES string of the molecule is COc1ccc(C2CC(=O)c3cnc4nc(N)[nH]c(=O)c4c3C2)cc1OC. The lowest BCUT2D eigenvalue weighted by Crippen LogP contribution is -2.23. The fourth-order valence-corrected chi connectivity index (χ4v) is 3.63. The number of ketones is 1. The molecule has 3 N–H and O–H groups in total. The van der Waals surface area contributed by atoms with Gasteiger partial charge in [-0.25, -0.2) is 4.98 Å². The molecule has 4 rings (SSSR count). The highest BCUT2D eigenvalue weighted by atomic mass is 16.5. The van der Waals surface area contributed by atoms with Crippen LogP contribution in [0.4, 0.5) is 5.95 Å². The molecule has 0 spiro atoms. The summed E-state index contributed by atoms with van der Waals surface area (Å²) in [5.74, 6) is 1.07. The maximum absolute atomic E-state index is 12.7. The van der Waals surface area contributed by atoms with Gasteiger partial charge in [0.1, 0.15) is 0 Å². The fourth-order valence-electron chi connectivity index (χ4n) is 3.63. The third-order valence-electron chi connectivity index (χ3n) is 4.92. The number of H-pyrrole nitrogens is 1. The molecule has 1 aromatic carbocycles. The second-order valence-corrected chi connectivity index (χ2v) is 6.44. The van der Waals surface area contributed by atoms with Gasteiger partial charge >= 0.3 is 0 Å². The zero-order valence-electron chi connectivity index (χ0n) is 14.9. The average Bonchev–Trinajstić information content (AvgIpc) is 2.66. The molecule has 0 radical (unpaired) electrons. The van der Waals surface area contributed by atoms with E-state index in [9.17, 15) is 9.59 Å². The molecule has 0 fully saturated rings. The molecule has 0 saturated carbocycles. The molecule has 1 unspecified atom stereocenters. The number of nitrogen functional groups attached to an aromatic ring is 1. The number of nitrogens with two attached hydrogens (primary N) is 1. The summed E-state index contributed by atoms with van der Waals surface area (Å²) in [6, 6.07) is 5.59. The van der Waals surface area contributed by atoms with Gasteiger partial charge in [-0.05, 0) is 35.6 Å². The number of nitrogens with zero attached hydrogens (tertiary/aromatic N) is 2. The summed E-state index contributed by atoms with van der Waals surface area (Å²) in [5.41, 5.74) is 7.53. The summed E-state index contributed by atoms with van der Waals surface area (Å²) in [4.78, 5) is 35.9. The van der Waals surface area contributed by atoms with Crippen LogP contribution in [0.15, 0.2) is 29.2 Å². The van der Waals surface area contributed by atoms with Gasteiger partial charge in [-0.15, -0.1) is 0 Å². The highest BCUT2D eigenvalue weighted by molar-refractivity contribution is 6.02. The van der Waals surface area contributed by atoms with E-state index >= 15 is 0 Å². The van der Waals surface area contributed by atoms with Crippen molar-refractivity contribution in [3.63, 3.8) is 0 Å². The van der Waals surface area contributed by atoms with Crippen LogP contribution in [0.2, 0.25) is 0 Å². The Bertz CT molecular complexity index is 1120. The minimum Gasteiger partial charge on any atom is -0.493 e. The van der Waals surface area contributed by atoms with Crippen LogP contribution in [0.1, 0.15) is 33.8 Å². The van der Waals surface area contributed by atoms with Gasteiger partial charge in [-0.3, -0.25) is 14.6 Å². The predicted octanol–water partition coefficient (Wildman–Crippen LogP) is 1.83. The van der Waals surface area contributed by atoms with E-state index in [1.807, 2.05) is 18.2 Å². The number of methoxy groups -OCH3 is 2. The molecule has 8 heteroatoms. The van der Waals surface area contributed by atoms with Crippen molar-refractivity contribution >= 4 is 22.8 Å². The summed E-state index contributed by atoms with van der Waals surface area (Å²) in [5, 5.41) is 0.320. The second kappa shape index (κ2) is 6.39. The van der Waals surface area contributed by atoms with Crippen molar-refractivity contribution in [3.8, 4) is 11.5 Å². The topological polar surface area (TPSA) is 120 Å². The zero-order valence-corrected chi connectivity index (χ0v) is 14.9. The van der Waals surface area contributed by atoms with Crippen molar-refractivity contribution in [2.24, 2.45) is 0 Å². The van der Waals surface area contributed by atoms with Gasteiger partial charge in [0.25, 0.3) is 5.56 Å². The average molecular weight is 366 g/mol. The molecule has 0 bridgehead atoms. The zero-order chi connectivity index (χ0) is 19.1. The first-order valence-electron chi connectivity index (χ1n) is 8.44. The maximum Gasteiger partial charge on any atom is 0.262 e. The van der Waals surface area contributed by atoms with Crippen molar-refractivity contribution in [1.82, 2.24) is 15.0 Å². The minimum absolute atomic E-state index is 0.00136. The van der Waals surface area contributed by atoms with E-state index in [-0.39, 0.29) is 28.9 Å². The fraction of sp³-hybridized carbons (Fsp3) is 0.263. The van der Waals surface area contributed by atoms with Crippen molar-refractivity contribution in [2.75, 3.05) is 20.0 Å². The number of aromatic amines is 1. The Morgan fingerprint density at radius 3 is 2.67 bits per heavy atom. The van der Waals surface area contributed by atoms with Crippen molar-refractivity contribution < 1.29 is 14.3 Å². The van der Waals surface area contributed by atoms with Gasteiger partial charge in [0.2, 0.25) is 5.95 Å². The Morgan fingerprint density at radius 2 is 1.93 bits per heavy atom. The minimum atomic E-state index is -0.386. The highest BCUT2D eigenvalue weighted by Gasteiger charge is 2.30. The summed E-state index contributed by atoms with van der Waals surface area (Å²) >= 11 is 0. The first kappa shape index (κ1) is 17.0. The van der Waals surface area contributed by atoms with E-state index in [1.54, 1.807) is 14.2 Å². The quantitative estimate of drug-likeness (QED) is 0.725. The van der Waals surface area contributed by atoms with Crippen LogP contribution >= 0.6 is 0 Å². The number of pyridine rings is 1. The third kappa shape index (κ3) is 2.79. The van der Waals surface area contributed by atoms with Crippen LogP contribution in [-0.4, -0.2) is 35.0 Å². The number of nitrogens with one attached hydrogen (secondary N) is 1. The molecule has 138 valence electrons. The van der Waals surface area contributed by atoms with E-state index < -0.39 is 0 Å². The second-order valence-electron chi connectivity index (χ2n) is 6.44. The van der Waals surface area contributed by atoms with E-state index in [2.05, 4.69) is 15.0 Å². The molecule has 1 aliphatic carbocycles. The standard InChI is InChI=1S/C19H18N4O4/c1-26-14-4-3-9(7-15(14)27-2)10-5-11-12(13(24)6-10)8-21-17-16(11)18(25)23-19(20)22-17/h3-4,7-8,10H,5-6H2,1-2H3,(H3,20,21,22,23,25). The van der Waals surface area contributed by atoms with Crippen LogP contribution in [0.5, 0.6) is 11.5 Å². The predicted molar refractivity (Wildman–Crippen MR) is 99.5 cm³/mol. The van der Waals surface area contributed by atoms with Crippen molar-refractivity contribution in [3.05, 3.63) is 51.4 Å². The Hall–Kier alpha value is -3.42. The first-order chi connectivity index (χ1) is 13.0. The molecule has 2 heterocycles. The van der Waals surface area contributed by atoms with E-state index in [1.165, 1.54) is 6.20 Å². The van der Waals surface area contributed by atoms with Gasteiger partial charge in [0, 0.05) is 18.2 Å². The molecular formula is C19H18N4O4. The number of aromatic nitrogens is 3. The number of hydrogen-bond acceptors (Lipinski definition) is 7. The number of anilines is 1.